The van der Waals surface area contributed by atoms with E-state index in [-0.39, 0.29) is 23.3 Å². The molecule has 0 bridgehead atoms. The van der Waals surface area contributed by atoms with Gasteiger partial charge in [-0.25, -0.2) is 8.42 Å². The molecule has 8 nitrogen and oxygen atoms in total. The van der Waals surface area contributed by atoms with Gasteiger partial charge in [0.15, 0.2) is 5.76 Å². The van der Waals surface area contributed by atoms with E-state index in [1.165, 1.54) is 16.6 Å². The monoisotopic (exact) mass is 465 g/mol. The minimum absolute atomic E-state index is 0.178. The molecule has 0 unspecified atom stereocenters. The van der Waals surface area contributed by atoms with Crippen molar-refractivity contribution in [3.63, 3.8) is 0 Å². The quantitative estimate of drug-likeness (QED) is 0.520. The highest BCUT2D eigenvalue weighted by Gasteiger charge is 2.28. The second-order valence-corrected chi connectivity index (χ2v) is 9.53. The maximum absolute atomic E-state index is 12.1. The van der Waals surface area contributed by atoms with Crippen molar-refractivity contribution < 1.29 is 22.4 Å². The zero-order valence-corrected chi connectivity index (χ0v) is 18.5. The largest absolute Gasteiger partial charge is 0.459 e. The van der Waals surface area contributed by atoms with E-state index in [9.17, 15) is 18.0 Å². The Kier molecular flexibility index (Phi) is 6.60. The Morgan fingerprint density at radius 3 is 2.42 bits per heavy atom. The normalized spacial score (nSPS) is 15.0. The summed E-state index contributed by atoms with van der Waals surface area (Å²) in [5.74, 6) is -0.177. The molecule has 1 aliphatic heterocycles. The maximum Gasteiger partial charge on any atom is 0.291 e. The molecule has 0 radical (unpaired) electrons. The summed E-state index contributed by atoms with van der Waals surface area (Å²) in [4.78, 5) is 24.1. The number of furan rings is 1. The Morgan fingerprint density at radius 2 is 1.79 bits per heavy atom. The minimum atomic E-state index is -3.21. The molecule has 9 heteroatoms. The number of amides is 2. The number of nitrogens with one attached hydrogen (secondary N) is 2. The first-order valence-electron chi connectivity index (χ1n) is 10.4. The maximum atomic E-state index is 12.1. The SMILES string of the molecule is O=C(/C=C/c1ccc(N2CCCS2(=O)=O)cc1)NCc1ccc(NC(=O)c2ccco2)cc1. The van der Waals surface area contributed by atoms with Gasteiger partial charge in [-0.3, -0.25) is 13.9 Å². The van der Waals surface area contributed by atoms with Crippen molar-refractivity contribution in [3.05, 3.63) is 89.9 Å². The average molecular weight is 466 g/mol. The number of anilines is 2. The zero-order valence-electron chi connectivity index (χ0n) is 17.7. The van der Waals surface area contributed by atoms with Crippen LogP contribution in [0.25, 0.3) is 6.08 Å². The highest BCUT2D eigenvalue weighted by atomic mass is 32.2. The van der Waals surface area contributed by atoms with Crippen LogP contribution in [0.2, 0.25) is 0 Å². The number of nitrogens with zero attached hydrogens (tertiary/aromatic N) is 1. The molecule has 2 heterocycles. The molecular formula is C24H23N3O5S. The standard InChI is InChI=1S/C24H23N3O5S/c28-23(13-8-18-6-11-21(12-7-18)27-14-2-16-33(27,30)31)25-17-19-4-9-20(10-5-19)26-24(29)22-3-1-15-32-22/h1,3-13,15H,2,14,16-17H2,(H,25,28)(H,26,29)/b13-8+. The van der Waals surface area contributed by atoms with Gasteiger partial charge >= 0.3 is 0 Å². The van der Waals surface area contributed by atoms with Crippen LogP contribution in [0.1, 0.15) is 28.1 Å². The zero-order chi connectivity index (χ0) is 23.3. The number of carbonyl (C=O) groups is 2. The Bertz CT molecular complexity index is 1250. The fourth-order valence-corrected chi connectivity index (χ4v) is 4.97. The number of rotatable bonds is 7. The first-order valence-corrected chi connectivity index (χ1v) is 12.0. The Labute approximate surface area is 192 Å². The predicted octanol–water partition coefficient (Wildman–Crippen LogP) is 3.40. The van der Waals surface area contributed by atoms with Crippen LogP contribution >= 0.6 is 0 Å². The van der Waals surface area contributed by atoms with Gasteiger partial charge in [0.2, 0.25) is 15.9 Å². The van der Waals surface area contributed by atoms with Crippen molar-refractivity contribution in [2.24, 2.45) is 0 Å². The summed E-state index contributed by atoms with van der Waals surface area (Å²) >= 11 is 0. The summed E-state index contributed by atoms with van der Waals surface area (Å²) in [5.41, 5.74) is 2.93. The van der Waals surface area contributed by atoms with Crippen LogP contribution in [0.4, 0.5) is 11.4 Å². The van der Waals surface area contributed by atoms with Gasteiger partial charge < -0.3 is 15.1 Å². The molecule has 2 amide bonds. The van der Waals surface area contributed by atoms with Gasteiger partial charge in [-0.2, -0.15) is 0 Å². The molecular weight excluding hydrogens is 442 g/mol. The Morgan fingerprint density at radius 1 is 1.03 bits per heavy atom. The lowest BCUT2D eigenvalue weighted by molar-refractivity contribution is -0.116. The third-order valence-corrected chi connectivity index (χ3v) is 7.00. The smallest absolute Gasteiger partial charge is 0.291 e. The molecule has 170 valence electrons. The lowest BCUT2D eigenvalue weighted by atomic mass is 10.2. The van der Waals surface area contributed by atoms with Crippen LogP contribution in [0.3, 0.4) is 0 Å². The molecule has 0 saturated carbocycles. The molecule has 4 rings (SSSR count). The topological polar surface area (TPSA) is 109 Å². The van der Waals surface area contributed by atoms with E-state index in [1.807, 2.05) is 12.1 Å². The van der Waals surface area contributed by atoms with Crippen molar-refractivity contribution in [2.45, 2.75) is 13.0 Å². The van der Waals surface area contributed by atoms with Crippen LogP contribution < -0.4 is 14.9 Å². The Balaban J connectivity index is 1.26. The second-order valence-electron chi connectivity index (χ2n) is 7.51. The van der Waals surface area contributed by atoms with Gasteiger partial charge in [0.05, 0.1) is 17.7 Å². The summed E-state index contributed by atoms with van der Waals surface area (Å²) in [5, 5.41) is 5.54. The summed E-state index contributed by atoms with van der Waals surface area (Å²) in [7, 11) is -3.21. The Hall–Kier alpha value is -3.85. The van der Waals surface area contributed by atoms with Crippen molar-refractivity contribution in [1.82, 2.24) is 5.32 Å². The van der Waals surface area contributed by atoms with E-state index < -0.39 is 10.0 Å². The molecule has 1 saturated heterocycles. The molecule has 0 atom stereocenters. The fraction of sp³-hybridized carbons (Fsp3) is 0.167. The van der Waals surface area contributed by atoms with Gasteiger partial charge in [-0.15, -0.1) is 0 Å². The van der Waals surface area contributed by atoms with E-state index in [0.29, 0.717) is 30.9 Å². The van der Waals surface area contributed by atoms with Crippen LogP contribution in [0.5, 0.6) is 0 Å². The molecule has 2 N–H and O–H groups in total. The van der Waals surface area contributed by atoms with Crippen LogP contribution in [0, 0.1) is 0 Å². The van der Waals surface area contributed by atoms with E-state index in [4.69, 9.17) is 4.42 Å². The first-order chi connectivity index (χ1) is 15.9. The van der Waals surface area contributed by atoms with Gasteiger partial charge in [0.25, 0.3) is 5.91 Å². The van der Waals surface area contributed by atoms with E-state index in [0.717, 1.165) is 11.1 Å². The molecule has 1 fully saturated rings. The summed E-state index contributed by atoms with van der Waals surface area (Å²) in [6.07, 6.45) is 5.17. The number of carbonyl (C=O) groups excluding carboxylic acids is 2. The van der Waals surface area contributed by atoms with Crippen molar-refractivity contribution in [1.29, 1.82) is 0 Å². The molecule has 3 aromatic rings. The number of hydrogen-bond donors (Lipinski definition) is 2. The van der Waals surface area contributed by atoms with Crippen LogP contribution in [-0.2, 0) is 21.4 Å². The molecule has 0 spiro atoms. The third-order valence-electron chi connectivity index (χ3n) is 5.13. The predicted molar refractivity (Wildman–Crippen MR) is 126 cm³/mol. The first kappa shape index (κ1) is 22.3. The van der Waals surface area contributed by atoms with Gasteiger partial charge in [0.1, 0.15) is 0 Å². The number of sulfonamides is 1. The van der Waals surface area contributed by atoms with E-state index >= 15 is 0 Å². The van der Waals surface area contributed by atoms with Crippen molar-refractivity contribution >= 4 is 39.3 Å². The van der Waals surface area contributed by atoms with E-state index in [2.05, 4.69) is 10.6 Å². The lowest BCUT2D eigenvalue weighted by Gasteiger charge is -2.16. The number of hydrogen-bond acceptors (Lipinski definition) is 5. The summed E-state index contributed by atoms with van der Waals surface area (Å²) < 4.78 is 30.5. The molecule has 2 aromatic carbocycles. The average Bonchev–Trinajstić information content (AvgIpc) is 3.47. The molecule has 0 aliphatic carbocycles. The van der Waals surface area contributed by atoms with Crippen molar-refractivity contribution in [2.75, 3.05) is 21.9 Å². The van der Waals surface area contributed by atoms with Crippen molar-refractivity contribution in [3.8, 4) is 0 Å². The van der Waals surface area contributed by atoms with Gasteiger partial charge in [0, 0.05) is 24.9 Å². The highest BCUT2D eigenvalue weighted by molar-refractivity contribution is 7.93. The number of benzene rings is 2. The summed E-state index contributed by atoms with van der Waals surface area (Å²) in [6, 6.07) is 17.4. The molecule has 1 aromatic heterocycles. The van der Waals surface area contributed by atoms with Crippen LogP contribution in [-0.4, -0.2) is 32.5 Å². The van der Waals surface area contributed by atoms with E-state index in [1.54, 1.807) is 54.6 Å². The molecule has 33 heavy (non-hydrogen) atoms. The minimum Gasteiger partial charge on any atom is -0.459 e. The van der Waals surface area contributed by atoms with Gasteiger partial charge in [-0.05, 0) is 60.0 Å². The summed E-state index contributed by atoms with van der Waals surface area (Å²) in [6.45, 7) is 0.832. The molecule has 1 aliphatic rings. The lowest BCUT2D eigenvalue weighted by Crippen LogP contribution is -2.24. The highest BCUT2D eigenvalue weighted by Crippen LogP contribution is 2.24. The second kappa shape index (κ2) is 9.74. The van der Waals surface area contributed by atoms with Gasteiger partial charge in [-0.1, -0.05) is 24.3 Å². The third kappa shape index (κ3) is 5.69. The fourth-order valence-electron chi connectivity index (χ4n) is 3.41. The van der Waals surface area contributed by atoms with Crippen LogP contribution in [0.15, 0.2) is 77.4 Å².